The van der Waals surface area contributed by atoms with Gasteiger partial charge in [-0.15, -0.1) is 0 Å². The number of piperazine rings is 1. The highest BCUT2D eigenvalue weighted by Crippen LogP contribution is 2.29. The maximum atomic E-state index is 13.1. The van der Waals surface area contributed by atoms with Gasteiger partial charge in [0.05, 0.1) is 12.8 Å². The summed E-state index contributed by atoms with van der Waals surface area (Å²) in [6, 6.07) is 14.5. The molecule has 0 bridgehead atoms. The van der Waals surface area contributed by atoms with Gasteiger partial charge in [0.1, 0.15) is 11.8 Å². The van der Waals surface area contributed by atoms with Gasteiger partial charge in [0, 0.05) is 32.2 Å². The third-order valence-corrected chi connectivity index (χ3v) is 6.02. The molecule has 2 fully saturated rings. The van der Waals surface area contributed by atoms with Crippen molar-refractivity contribution in [3.63, 3.8) is 0 Å². The number of hydrazine groups is 1. The Bertz CT molecular complexity index is 877. The molecule has 2 saturated heterocycles. The molecular formula is C23H30N4O2. The number of aryl methyl sites for hydroxylation is 2. The number of amides is 1. The van der Waals surface area contributed by atoms with E-state index in [4.69, 9.17) is 4.74 Å². The monoisotopic (exact) mass is 394 g/mol. The second-order valence-electron chi connectivity index (χ2n) is 7.97. The Morgan fingerprint density at radius 1 is 1.03 bits per heavy atom. The number of carbonyl (C=O) groups excluding carboxylic acids is 1. The molecule has 4 rings (SSSR count). The van der Waals surface area contributed by atoms with Crippen LogP contribution in [0.2, 0.25) is 0 Å². The molecule has 2 N–H and O–H groups in total. The molecule has 2 atom stereocenters. The number of carbonyl (C=O) groups is 1. The summed E-state index contributed by atoms with van der Waals surface area (Å²) in [5.74, 6) is 1.06. The Morgan fingerprint density at radius 2 is 1.79 bits per heavy atom. The summed E-state index contributed by atoms with van der Waals surface area (Å²) in [6.07, 6.45) is 0.773. The molecule has 2 aromatic carbocycles. The van der Waals surface area contributed by atoms with E-state index in [1.807, 2.05) is 23.1 Å². The summed E-state index contributed by atoms with van der Waals surface area (Å²) in [7, 11) is 1.70. The number of nitrogens with zero attached hydrogens (tertiary/aromatic N) is 2. The van der Waals surface area contributed by atoms with Crippen LogP contribution in [-0.2, 0) is 4.79 Å². The number of anilines is 1. The highest BCUT2D eigenvalue weighted by molar-refractivity contribution is 5.82. The van der Waals surface area contributed by atoms with Gasteiger partial charge in [-0.2, -0.15) is 0 Å². The molecule has 2 aromatic rings. The van der Waals surface area contributed by atoms with Crippen LogP contribution < -0.4 is 20.5 Å². The number of methoxy groups -OCH3 is 1. The van der Waals surface area contributed by atoms with E-state index in [9.17, 15) is 4.79 Å². The standard InChI is InChI=1S/C23H30N4O2/c1-16-8-9-18(17(2)14-16)19-15-20(25-24-19)23(28)27-12-10-26(11-13-27)21-6-4-5-7-22(21)29-3/h4-9,14,19-20,24-25H,10-13,15H2,1-3H3. The topological polar surface area (TPSA) is 56.8 Å². The fourth-order valence-electron chi connectivity index (χ4n) is 4.42. The molecule has 2 aliphatic rings. The summed E-state index contributed by atoms with van der Waals surface area (Å²) in [5, 5.41) is 0. The van der Waals surface area contributed by atoms with E-state index in [0.29, 0.717) is 0 Å². The van der Waals surface area contributed by atoms with Crippen LogP contribution in [0.1, 0.15) is 29.2 Å². The number of ether oxygens (including phenoxy) is 1. The van der Waals surface area contributed by atoms with Gasteiger partial charge in [-0.25, -0.2) is 10.9 Å². The van der Waals surface area contributed by atoms with Crippen LogP contribution in [0.4, 0.5) is 5.69 Å². The van der Waals surface area contributed by atoms with Crippen molar-refractivity contribution in [2.45, 2.75) is 32.4 Å². The summed E-state index contributed by atoms with van der Waals surface area (Å²) >= 11 is 0. The summed E-state index contributed by atoms with van der Waals surface area (Å²) < 4.78 is 5.48. The molecule has 0 saturated carbocycles. The Labute approximate surface area is 172 Å². The average molecular weight is 395 g/mol. The van der Waals surface area contributed by atoms with E-state index in [1.165, 1.54) is 16.7 Å². The van der Waals surface area contributed by atoms with Crippen molar-refractivity contribution >= 4 is 11.6 Å². The predicted molar refractivity (Wildman–Crippen MR) is 115 cm³/mol. The Morgan fingerprint density at radius 3 is 2.52 bits per heavy atom. The van der Waals surface area contributed by atoms with Crippen LogP contribution in [-0.4, -0.2) is 50.1 Å². The smallest absolute Gasteiger partial charge is 0.241 e. The zero-order valence-electron chi connectivity index (χ0n) is 17.4. The van der Waals surface area contributed by atoms with Gasteiger partial charge >= 0.3 is 0 Å². The molecule has 0 radical (unpaired) electrons. The van der Waals surface area contributed by atoms with Gasteiger partial charge < -0.3 is 14.5 Å². The molecule has 0 spiro atoms. The van der Waals surface area contributed by atoms with Crippen molar-refractivity contribution in [3.05, 3.63) is 59.2 Å². The fourth-order valence-corrected chi connectivity index (χ4v) is 4.42. The molecule has 6 heteroatoms. The van der Waals surface area contributed by atoms with Crippen molar-refractivity contribution in [1.29, 1.82) is 0 Å². The van der Waals surface area contributed by atoms with Crippen molar-refractivity contribution in [3.8, 4) is 5.75 Å². The first kappa shape index (κ1) is 19.7. The molecule has 154 valence electrons. The van der Waals surface area contributed by atoms with E-state index in [2.05, 4.69) is 53.9 Å². The van der Waals surface area contributed by atoms with E-state index in [0.717, 1.165) is 44.0 Å². The van der Waals surface area contributed by atoms with Gasteiger partial charge in [-0.1, -0.05) is 35.9 Å². The van der Waals surface area contributed by atoms with Gasteiger partial charge in [0.2, 0.25) is 5.91 Å². The van der Waals surface area contributed by atoms with Crippen LogP contribution in [0.5, 0.6) is 5.75 Å². The Balaban J connectivity index is 1.35. The summed E-state index contributed by atoms with van der Waals surface area (Å²) in [6.45, 7) is 7.32. The summed E-state index contributed by atoms with van der Waals surface area (Å²) in [5.41, 5.74) is 11.4. The maximum absolute atomic E-state index is 13.1. The van der Waals surface area contributed by atoms with Gasteiger partial charge in [-0.05, 0) is 43.5 Å². The van der Waals surface area contributed by atoms with Crippen LogP contribution in [0.25, 0.3) is 0 Å². The SMILES string of the molecule is COc1ccccc1N1CCN(C(=O)C2CC(c3ccc(C)cc3C)NN2)CC1. The van der Waals surface area contributed by atoms with Crippen molar-refractivity contribution in [1.82, 2.24) is 15.8 Å². The minimum Gasteiger partial charge on any atom is -0.495 e. The molecular weight excluding hydrogens is 364 g/mol. The predicted octanol–water partition coefficient (Wildman–Crippen LogP) is 2.57. The van der Waals surface area contributed by atoms with Crippen LogP contribution in [0.3, 0.4) is 0 Å². The zero-order chi connectivity index (χ0) is 20.4. The Hall–Kier alpha value is -2.57. The number of hydrogen-bond acceptors (Lipinski definition) is 5. The first-order chi connectivity index (χ1) is 14.1. The van der Waals surface area contributed by atoms with Crippen molar-refractivity contribution < 1.29 is 9.53 Å². The lowest BCUT2D eigenvalue weighted by Crippen LogP contribution is -2.53. The molecule has 29 heavy (non-hydrogen) atoms. The summed E-state index contributed by atoms with van der Waals surface area (Å²) in [4.78, 5) is 17.3. The molecule has 0 aromatic heterocycles. The minimum absolute atomic E-state index is 0.166. The lowest BCUT2D eigenvalue weighted by Gasteiger charge is -2.37. The van der Waals surface area contributed by atoms with Crippen LogP contribution >= 0.6 is 0 Å². The molecule has 2 heterocycles. The number of para-hydroxylation sites is 2. The van der Waals surface area contributed by atoms with Crippen LogP contribution in [0, 0.1) is 13.8 Å². The fraction of sp³-hybridized carbons (Fsp3) is 0.435. The Kier molecular flexibility index (Phi) is 5.74. The second-order valence-corrected chi connectivity index (χ2v) is 7.97. The molecule has 6 nitrogen and oxygen atoms in total. The highest BCUT2D eigenvalue weighted by atomic mass is 16.5. The number of nitrogens with one attached hydrogen (secondary N) is 2. The lowest BCUT2D eigenvalue weighted by atomic mass is 9.96. The van der Waals surface area contributed by atoms with E-state index in [1.54, 1.807) is 7.11 Å². The van der Waals surface area contributed by atoms with Gasteiger partial charge in [0.25, 0.3) is 0 Å². The maximum Gasteiger partial charge on any atom is 0.241 e. The van der Waals surface area contributed by atoms with Gasteiger partial charge in [0.15, 0.2) is 0 Å². The molecule has 0 aliphatic carbocycles. The van der Waals surface area contributed by atoms with E-state index < -0.39 is 0 Å². The molecule has 2 unspecified atom stereocenters. The zero-order valence-corrected chi connectivity index (χ0v) is 17.4. The number of hydrogen-bond donors (Lipinski definition) is 2. The number of benzene rings is 2. The first-order valence-corrected chi connectivity index (χ1v) is 10.3. The van der Waals surface area contributed by atoms with Gasteiger partial charge in [-0.3, -0.25) is 4.79 Å². The first-order valence-electron chi connectivity index (χ1n) is 10.3. The number of rotatable bonds is 4. The average Bonchev–Trinajstić information content (AvgIpc) is 3.23. The largest absolute Gasteiger partial charge is 0.495 e. The van der Waals surface area contributed by atoms with Crippen molar-refractivity contribution in [2.75, 3.05) is 38.2 Å². The third-order valence-electron chi connectivity index (χ3n) is 6.02. The van der Waals surface area contributed by atoms with Crippen molar-refractivity contribution in [2.24, 2.45) is 0 Å². The molecule has 1 amide bonds. The van der Waals surface area contributed by atoms with Crippen LogP contribution in [0.15, 0.2) is 42.5 Å². The third kappa shape index (κ3) is 4.09. The quantitative estimate of drug-likeness (QED) is 0.835. The minimum atomic E-state index is -0.182. The normalized spacial score (nSPS) is 22.0. The second kappa shape index (κ2) is 8.43. The van der Waals surface area contributed by atoms with E-state index in [-0.39, 0.29) is 18.0 Å². The highest BCUT2D eigenvalue weighted by Gasteiger charge is 2.34. The lowest BCUT2D eigenvalue weighted by molar-refractivity contribution is -0.133. The molecule has 2 aliphatic heterocycles. The van der Waals surface area contributed by atoms with E-state index >= 15 is 0 Å².